The van der Waals surface area contributed by atoms with Crippen molar-refractivity contribution in [3.8, 4) is 22.7 Å². The van der Waals surface area contributed by atoms with E-state index in [9.17, 15) is 4.79 Å². The molecule has 168 valence electrons. The van der Waals surface area contributed by atoms with Gasteiger partial charge in [0.1, 0.15) is 16.4 Å². The van der Waals surface area contributed by atoms with Gasteiger partial charge in [0.2, 0.25) is 0 Å². The largest absolute Gasteiger partial charge is 0.464 e. The summed E-state index contributed by atoms with van der Waals surface area (Å²) in [5.74, 6) is 2.14. The second kappa shape index (κ2) is 8.99. The Bertz CT molecular complexity index is 1470. The minimum absolute atomic E-state index is 0.110. The van der Waals surface area contributed by atoms with Gasteiger partial charge in [-0.05, 0) is 38.5 Å². The van der Waals surface area contributed by atoms with Crippen molar-refractivity contribution < 1.29 is 4.42 Å². The number of aromatic amines is 1. The number of hydrogen-bond acceptors (Lipinski definition) is 7. The average molecular weight is 478 g/mol. The van der Waals surface area contributed by atoms with E-state index in [-0.39, 0.29) is 10.8 Å². The number of H-pyrrole nitrogens is 1. The van der Waals surface area contributed by atoms with Crippen molar-refractivity contribution >= 4 is 33.3 Å². The third-order valence-corrected chi connectivity index (χ3v) is 7.32. The molecule has 4 heterocycles. The highest BCUT2D eigenvalue weighted by Gasteiger charge is 2.21. The Hall–Kier alpha value is -3.17. The van der Waals surface area contributed by atoms with E-state index < -0.39 is 0 Å². The van der Waals surface area contributed by atoms with Crippen molar-refractivity contribution in [2.45, 2.75) is 44.1 Å². The van der Waals surface area contributed by atoms with Gasteiger partial charge in [-0.25, -0.2) is 4.98 Å². The lowest BCUT2D eigenvalue weighted by molar-refractivity contribution is 0.583. The molecule has 0 radical (unpaired) electrons. The third kappa shape index (κ3) is 4.14. The van der Waals surface area contributed by atoms with Crippen LogP contribution >= 0.6 is 23.1 Å². The van der Waals surface area contributed by atoms with E-state index in [1.54, 1.807) is 18.0 Å². The molecule has 5 aromatic rings. The van der Waals surface area contributed by atoms with Crippen LogP contribution < -0.4 is 5.56 Å². The number of thioether (sulfide) groups is 1. The molecule has 5 rings (SSSR count). The molecule has 4 aromatic heterocycles. The van der Waals surface area contributed by atoms with Gasteiger partial charge in [-0.15, -0.1) is 21.5 Å². The van der Waals surface area contributed by atoms with Crippen LogP contribution in [0.5, 0.6) is 0 Å². The summed E-state index contributed by atoms with van der Waals surface area (Å²) in [6.07, 6.45) is 2.57. The molecule has 1 aromatic carbocycles. The average Bonchev–Trinajstić information content (AvgIpc) is 3.54. The highest BCUT2D eigenvalue weighted by atomic mass is 32.2. The second-order valence-corrected chi connectivity index (χ2v) is 10.0. The minimum atomic E-state index is -0.162. The summed E-state index contributed by atoms with van der Waals surface area (Å²) in [5, 5.41) is 12.1. The summed E-state index contributed by atoms with van der Waals surface area (Å²) in [6.45, 7) is 7.04. The number of rotatable bonds is 7. The molecule has 1 atom stereocenters. The molecule has 0 amide bonds. The zero-order valence-electron chi connectivity index (χ0n) is 18.5. The number of thiophene rings is 1. The Morgan fingerprint density at radius 2 is 2.12 bits per heavy atom. The highest BCUT2D eigenvalue weighted by molar-refractivity contribution is 7.99. The van der Waals surface area contributed by atoms with Gasteiger partial charge >= 0.3 is 0 Å². The number of aromatic nitrogens is 5. The molecule has 0 aliphatic rings. The summed E-state index contributed by atoms with van der Waals surface area (Å²) in [6, 6.07) is 11.9. The molecule has 7 nitrogen and oxygen atoms in total. The van der Waals surface area contributed by atoms with Crippen LogP contribution in [0.1, 0.15) is 36.9 Å². The third-order valence-electron chi connectivity index (χ3n) is 5.36. The number of aryl methyl sites for hydroxylation is 1. The maximum atomic E-state index is 13.0. The van der Waals surface area contributed by atoms with Crippen LogP contribution in [0, 0.1) is 6.92 Å². The van der Waals surface area contributed by atoms with Crippen molar-refractivity contribution in [2.24, 2.45) is 0 Å². The van der Waals surface area contributed by atoms with E-state index in [2.05, 4.69) is 51.8 Å². The van der Waals surface area contributed by atoms with Crippen molar-refractivity contribution in [1.82, 2.24) is 24.7 Å². The minimum Gasteiger partial charge on any atom is -0.464 e. The van der Waals surface area contributed by atoms with Crippen molar-refractivity contribution in [3.63, 3.8) is 0 Å². The number of benzene rings is 1. The van der Waals surface area contributed by atoms with Gasteiger partial charge in [0.15, 0.2) is 11.0 Å². The number of furan rings is 1. The molecular weight excluding hydrogens is 454 g/mol. The fourth-order valence-electron chi connectivity index (χ4n) is 3.78. The monoisotopic (exact) mass is 477 g/mol. The van der Waals surface area contributed by atoms with Gasteiger partial charge in [-0.1, -0.05) is 42.4 Å². The molecule has 1 unspecified atom stereocenters. The maximum absolute atomic E-state index is 13.0. The molecule has 9 heteroatoms. The number of nitrogens with zero attached hydrogens (tertiary/aromatic N) is 4. The SMILES string of the molecule is CCCn1c(SC(C)c2nc3scc(-c4ccco4)c3c(=O)[nH]2)nnc1-c1cccc(C)c1. The Morgan fingerprint density at radius 3 is 2.88 bits per heavy atom. The summed E-state index contributed by atoms with van der Waals surface area (Å²) >= 11 is 2.99. The normalized spacial score (nSPS) is 12.5. The number of nitrogens with one attached hydrogen (secondary N) is 1. The molecule has 0 aliphatic carbocycles. The van der Waals surface area contributed by atoms with Crippen LogP contribution in [0.3, 0.4) is 0 Å². The van der Waals surface area contributed by atoms with Gasteiger partial charge < -0.3 is 14.0 Å². The molecule has 0 spiro atoms. The van der Waals surface area contributed by atoms with Crippen LogP contribution in [0.15, 0.2) is 62.4 Å². The van der Waals surface area contributed by atoms with Crippen LogP contribution in [0.2, 0.25) is 0 Å². The Morgan fingerprint density at radius 1 is 1.24 bits per heavy atom. The Labute approximate surface area is 198 Å². The second-order valence-electron chi connectivity index (χ2n) is 7.85. The maximum Gasteiger partial charge on any atom is 0.260 e. The van der Waals surface area contributed by atoms with Crippen molar-refractivity contribution in [1.29, 1.82) is 0 Å². The standard InChI is InChI=1S/C24H23N5O2S2/c1-4-10-29-21(16-8-5-7-14(2)12-16)27-28-24(29)33-15(3)20-25-22(30)19-17(13-32-23(19)26-20)18-9-6-11-31-18/h5-9,11-13,15H,4,10H2,1-3H3,(H,25,26,30). The van der Waals surface area contributed by atoms with E-state index in [0.29, 0.717) is 21.8 Å². The zero-order valence-corrected chi connectivity index (χ0v) is 20.2. The first-order chi connectivity index (χ1) is 16.0. The summed E-state index contributed by atoms with van der Waals surface area (Å²) < 4.78 is 7.63. The molecular formula is C24H23N5O2S2. The smallest absolute Gasteiger partial charge is 0.260 e. The molecule has 0 fully saturated rings. The van der Waals surface area contributed by atoms with Crippen molar-refractivity contribution in [3.05, 3.63) is 69.8 Å². The van der Waals surface area contributed by atoms with Gasteiger partial charge in [-0.3, -0.25) is 4.79 Å². The highest BCUT2D eigenvalue weighted by Crippen LogP contribution is 2.36. The predicted octanol–water partition coefficient (Wildman–Crippen LogP) is 6.07. The zero-order chi connectivity index (χ0) is 22.9. The molecule has 0 aliphatic heterocycles. The van der Waals surface area contributed by atoms with Gasteiger partial charge in [0.05, 0.1) is 16.9 Å². The quantitative estimate of drug-likeness (QED) is 0.286. The summed E-state index contributed by atoms with van der Waals surface area (Å²) in [7, 11) is 0. The topological polar surface area (TPSA) is 89.6 Å². The van der Waals surface area contributed by atoms with E-state index in [0.717, 1.165) is 35.1 Å². The Balaban J connectivity index is 1.47. The lowest BCUT2D eigenvalue weighted by Gasteiger charge is -2.13. The first kappa shape index (κ1) is 21.7. The summed E-state index contributed by atoms with van der Waals surface area (Å²) in [5.41, 5.74) is 2.84. The lowest BCUT2D eigenvalue weighted by Crippen LogP contribution is -2.12. The van der Waals surface area contributed by atoms with Gasteiger partial charge in [-0.2, -0.15) is 0 Å². The van der Waals surface area contributed by atoms with E-state index >= 15 is 0 Å². The van der Waals surface area contributed by atoms with Crippen LogP contribution in [0.4, 0.5) is 0 Å². The first-order valence-corrected chi connectivity index (χ1v) is 12.5. The van der Waals surface area contributed by atoms with Gasteiger partial charge in [0.25, 0.3) is 5.56 Å². The predicted molar refractivity (Wildman–Crippen MR) is 133 cm³/mol. The molecule has 1 N–H and O–H groups in total. The van der Waals surface area contributed by atoms with Crippen LogP contribution in [0.25, 0.3) is 32.9 Å². The van der Waals surface area contributed by atoms with E-state index in [1.807, 2.05) is 30.5 Å². The number of fused-ring (bicyclic) bond motifs is 1. The summed E-state index contributed by atoms with van der Waals surface area (Å²) in [4.78, 5) is 21.4. The fraction of sp³-hybridized carbons (Fsp3) is 0.250. The van der Waals surface area contributed by atoms with Crippen LogP contribution in [-0.4, -0.2) is 24.7 Å². The molecule has 33 heavy (non-hydrogen) atoms. The Kier molecular flexibility index (Phi) is 5.90. The molecule has 0 saturated heterocycles. The first-order valence-electron chi connectivity index (χ1n) is 10.8. The van der Waals surface area contributed by atoms with Crippen LogP contribution in [-0.2, 0) is 6.54 Å². The van der Waals surface area contributed by atoms with Crippen molar-refractivity contribution in [2.75, 3.05) is 0 Å². The molecule has 0 saturated carbocycles. The van der Waals surface area contributed by atoms with E-state index in [1.165, 1.54) is 16.9 Å². The van der Waals surface area contributed by atoms with Gasteiger partial charge in [0, 0.05) is 23.1 Å². The number of hydrogen-bond donors (Lipinski definition) is 1. The fourth-order valence-corrected chi connectivity index (χ4v) is 5.65. The lowest BCUT2D eigenvalue weighted by atomic mass is 10.1. The molecule has 0 bridgehead atoms. The van der Waals surface area contributed by atoms with E-state index in [4.69, 9.17) is 9.40 Å².